The molecule has 0 spiro atoms. The van der Waals surface area contributed by atoms with E-state index >= 15 is 0 Å². The first-order valence-electron chi connectivity index (χ1n) is 8.52. The second-order valence-electron chi connectivity index (χ2n) is 6.75. The summed E-state index contributed by atoms with van der Waals surface area (Å²) < 4.78 is 37.2. The number of esters is 2. The minimum atomic E-state index is -3.96. The van der Waals surface area contributed by atoms with Gasteiger partial charge in [-0.25, -0.2) is 8.42 Å². The molecule has 0 amide bonds. The average molecular weight is 395 g/mol. The van der Waals surface area contributed by atoms with Gasteiger partial charge in [-0.15, -0.1) is 0 Å². The van der Waals surface area contributed by atoms with E-state index in [-0.39, 0.29) is 23.8 Å². The van der Waals surface area contributed by atoms with E-state index in [2.05, 4.69) is 6.58 Å². The van der Waals surface area contributed by atoms with E-state index in [1.807, 2.05) is 6.92 Å². The summed E-state index contributed by atoms with van der Waals surface area (Å²) in [4.78, 5) is 24.5. The molecule has 7 nitrogen and oxygen atoms in total. The molecular weight excluding hydrogens is 370 g/mol. The second kappa shape index (κ2) is 8.22. The number of rotatable bonds is 6. The number of carbonyl (C=O) groups excluding carboxylic acids is 2. The third-order valence-electron chi connectivity index (χ3n) is 4.94. The van der Waals surface area contributed by atoms with E-state index in [0.717, 1.165) is 9.87 Å². The topological polar surface area (TPSA) is 90.0 Å². The van der Waals surface area contributed by atoms with Gasteiger partial charge < -0.3 is 9.47 Å². The fraction of sp³-hybridized carbons (Fsp3) is 0.474. The highest BCUT2D eigenvalue weighted by Crippen LogP contribution is 2.40. The number of benzene rings is 1. The lowest BCUT2D eigenvalue weighted by Crippen LogP contribution is -2.44. The van der Waals surface area contributed by atoms with E-state index in [0.29, 0.717) is 5.57 Å². The molecule has 1 unspecified atom stereocenters. The van der Waals surface area contributed by atoms with Crippen LogP contribution in [0.1, 0.15) is 18.9 Å². The van der Waals surface area contributed by atoms with Gasteiger partial charge in [-0.1, -0.05) is 29.8 Å². The lowest BCUT2D eigenvalue weighted by molar-refractivity contribution is -0.147. The number of sulfonamides is 1. The standard InChI is InChI=1S/C19H25NO6S/c1-12(2)16-11-20(27(23,24)14-8-6-13(3)7-9-14)18(19(22)26-5)15(16)10-17(21)25-4/h6-9,15-16,18H,1,10-11H2,2-5H3/t15-,16?,18-/m0/s1. The maximum Gasteiger partial charge on any atom is 0.324 e. The molecule has 0 N–H and O–H groups in total. The first kappa shape index (κ1) is 21.1. The van der Waals surface area contributed by atoms with Gasteiger partial charge in [0.15, 0.2) is 0 Å². The maximum absolute atomic E-state index is 13.2. The minimum Gasteiger partial charge on any atom is -0.469 e. The molecule has 2 rings (SSSR count). The average Bonchev–Trinajstić information content (AvgIpc) is 3.01. The SMILES string of the molecule is C=C(C)C1CN(S(=O)(=O)c2ccc(C)cc2)[C@H](C(=O)OC)[C@H]1CC(=O)OC. The Balaban J connectivity index is 2.52. The van der Waals surface area contributed by atoms with Crippen LogP contribution in [-0.4, -0.2) is 51.5 Å². The van der Waals surface area contributed by atoms with Gasteiger partial charge in [0.2, 0.25) is 10.0 Å². The Morgan fingerprint density at radius 1 is 1.19 bits per heavy atom. The van der Waals surface area contributed by atoms with E-state index < -0.39 is 33.9 Å². The highest BCUT2D eigenvalue weighted by atomic mass is 32.2. The number of hydrogen-bond donors (Lipinski definition) is 0. The summed E-state index contributed by atoms with van der Waals surface area (Å²) in [6, 6.07) is 5.27. The van der Waals surface area contributed by atoms with Crippen molar-refractivity contribution in [3.8, 4) is 0 Å². The summed E-state index contributed by atoms with van der Waals surface area (Å²) in [6.07, 6.45) is -0.103. The Kier molecular flexibility index (Phi) is 6.43. The summed E-state index contributed by atoms with van der Waals surface area (Å²) in [6.45, 7) is 7.57. The number of carbonyl (C=O) groups is 2. The van der Waals surface area contributed by atoms with Gasteiger partial charge in [-0.2, -0.15) is 4.31 Å². The van der Waals surface area contributed by atoms with Crippen molar-refractivity contribution < 1.29 is 27.5 Å². The number of methoxy groups -OCH3 is 2. The van der Waals surface area contributed by atoms with Gasteiger partial charge in [0.05, 0.1) is 25.5 Å². The lowest BCUT2D eigenvalue weighted by Gasteiger charge is -2.25. The summed E-state index contributed by atoms with van der Waals surface area (Å²) in [7, 11) is -1.51. The molecule has 0 aliphatic carbocycles. The van der Waals surface area contributed by atoms with Crippen LogP contribution in [0.15, 0.2) is 41.3 Å². The van der Waals surface area contributed by atoms with Crippen molar-refractivity contribution in [2.45, 2.75) is 31.2 Å². The van der Waals surface area contributed by atoms with Crippen LogP contribution in [-0.2, 0) is 29.1 Å². The summed E-state index contributed by atoms with van der Waals surface area (Å²) in [5, 5.41) is 0. The molecule has 1 aromatic rings. The molecule has 1 heterocycles. The Labute approximate surface area is 160 Å². The zero-order chi connectivity index (χ0) is 20.4. The van der Waals surface area contributed by atoms with Crippen molar-refractivity contribution in [1.29, 1.82) is 0 Å². The van der Waals surface area contributed by atoms with Crippen LogP contribution in [0.2, 0.25) is 0 Å². The molecule has 0 bridgehead atoms. The van der Waals surface area contributed by atoms with Crippen LogP contribution < -0.4 is 0 Å². The smallest absolute Gasteiger partial charge is 0.324 e. The van der Waals surface area contributed by atoms with Crippen molar-refractivity contribution >= 4 is 22.0 Å². The molecule has 27 heavy (non-hydrogen) atoms. The van der Waals surface area contributed by atoms with Crippen LogP contribution >= 0.6 is 0 Å². The number of nitrogens with zero attached hydrogens (tertiary/aromatic N) is 1. The quantitative estimate of drug-likeness (QED) is 0.540. The lowest BCUT2D eigenvalue weighted by atomic mass is 9.84. The van der Waals surface area contributed by atoms with E-state index in [1.54, 1.807) is 19.1 Å². The molecule has 0 aromatic heterocycles. The largest absolute Gasteiger partial charge is 0.469 e. The molecule has 1 aliphatic heterocycles. The van der Waals surface area contributed by atoms with Crippen LogP contribution in [0.5, 0.6) is 0 Å². The first-order chi connectivity index (χ1) is 12.6. The van der Waals surface area contributed by atoms with Gasteiger partial charge in [-0.05, 0) is 31.9 Å². The minimum absolute atomic E-state index is 0.0486. The van der Waals surface area contributed by atoms with Gasteiger partial charge in [0, 0.05) is 12.5 Å². The first-order valence-corrected chi connectivity index (χ1v) is 9.96. The maximum atomic E-state index is 13.2. The van der Waals surface area contributed by atoms with E-state index in [9.17, 15) is 18.0 Å². The molecule has 8 heteroatoms. The van der Waals surface area contributed by atoms with Crippen molar-refractivity contribution in [3.63, 3.8) is 0 Å². The monoisotopic (exact) mass is 395 g/mol. The van der Waals surface area contributed by atoms with Crippen LogP contribution in [0, 0.1) is 18.8 Å². The number of ether oxygens (including phenoxy) is 2. The highest BCUT2D eigenvalue weighted by molar-refractivity contribution is 7.89. The van der Waals surface area contributed by atoms with Gasteiger partial charge >= 0.3 is 11.9 Å². The molecular formula is C19H25NO6S. The normalized spacial score (nSPS) is 23.0. The third-order valence-corrected chi connectivity index (χ3v) is 6.80. The van der Waals surface area contributed by atoms with Crippen molar-refractivity contribution in [3.05, 3.63) is 42.0 Å². The molecule has 1 aromatic carbocycles. The Bertz CT molecular complexity index is 830. The van der Waals surface area contributed by atoms with Crippen molar-refractivity contribution in [2.24, 2.45) is 11.8 Å². The molecule has 0 radical (unpaired) electrons. The molecule has 148 valence electrons. The molecule has 1 aliphatic rings. The molecule has 0 saturated carbocycles. The zero-order valence-corrected chi connectivity index (χ0v) is 16.8. The van der Waals surface area contributed by atoms with Gasteiger partial charge in [0.25, 0.3) is 0 Å². The number of aryl methyl sites for hydroxylation is 1. The van der Waals surface area contributed by atoms with E-state index in [1.165, 1.54) is 26.4 Å². The Morgan fingerprint density at radius 3 is 2.26 bits per heavy atom. The van der Waals surface area contributed by atoms with E-state index in [4.69, 9.17) is 9.47 Å². The zero-order valence-electron chi connectivity index (χ0n) is 16.0. The van der Waals surface area contributed by atoms with Crippen LogP contribution in [0.4, 0.5) is 0 Å². The highest BCUT2D eigenvalue weighted by Gasteiger charge is 2.52. The van der Waals surface area contributed by atoms with Crippen molar-refractivity contribution in [1.82, 2.24) is 4.31 Å². The Hall–Kier alpha value is -2.19. The number of hydrogen-bond acceptors (Lipinski definition) is 6. The molecule has 1 saturated heterocycles. The fourth-order valence-corrected chi connectivity index (χ4v) is 5.08. The molecule has 1 fully saturated rings. The van der Waals surface area contributed by atoms with Crippen LogP contribution in [0.25, 0.3) is 0 Å². The predicted molar refractivity (Wildman–Crippen MR) is 99.3 cm³/mol. The third kappa shape index (κ3) is 4.22. The molecule has 3 atom stereocenters. The van der Waals surface area contributed by atoms with Crippen molar-refractivity contribution in [2.75, 3.05) is 20.8 Å². The second-order valence-corrected chi connectivity index (χ2v) is 8.64. The summed E-state index contributed by atoms with van der Waals surface area (Å²) in [5.74, 6) is -2.20. The summed E-state index contributed by atoms with van der Waals surface area (Å²) in [5.41, 5.74) is 1.61. The predicted octanol–water partition coefficient (Wildman–Crippen LogP) is 1.91. The van der Waals surface area contributed by atoms with Gasteiger partial charge in [0.1, 0.15) is 6.04 Å². The Morgan fingerprint density at radius 2 is 1.78 bits per heavy atom. The fourth-order valence-electron chi connectivity index (χ4n) is 3.43. The van der Waals surface area contributed by atoms with Gasteiger partial charge in [-0.3, -0.25) is 9.59 Å². The van der Waals surface area contributed by atoms with Crippen LogP contribution in [0.3, 0.4) is 0 Å². The summed E-state index contributed by atoms with van der Waals surface area (Å²) >= 11 is 0.